The molecule has 3 N–H and O–H groups in total. The minimum atomic E-state index is -0.967. The SMILES string of the molecule is COc1cc(F)c(Br)cc1C(N)CC(C)(C)C(=O)O. The first-order valence-corrected chi connectivity index (χ1v) is 6.50. The summed E-state index contributed by atoms with van der Waals surface area (Å²) in [7, 11) is 1.42. The van der Waals surface area contributed by atoms with Crippen molar-refractivity contribution in [3.05, 3.63) is 28.0 Å². The van der Waals surface area contributed by atoms with Crippen LogP contribution in [0.25, 0.3) is 0 Å². The van der Waals surface area contributed by atoms with E-state index in [0.29, 0.717) is 11.3 Å². The molecular formula is C13H17BrFNO3. The van der Waals surface area contributed by atoms with Gasteiger partial charge < -0.3 is 15.6 Å². The fourth-order valence-corrected chi connectivity index (χ4v) is 2.12. The summed E-state index contributed by atoms with van der Waals surface area (Å²) in [6.07, 6.45) is 0.219. The zero-order valence-electron chi connectivity index (χ0n) is 11.0. The molecule has 0 saturated heterocycles. The summed E-state index contributed by atoms with van der Waals surface area (Å²) in [4.78, 5) is 11.1. The van der Waals surface area contributed by atoms with E-state index in [1.807, 2.05) is 0 Å². The highest BCUT2D eigenvalue weighted by atomic mass is 79.9. The molecule has 0 heterocycles. The molecule has 1 aromatic carbocycles. The van der Waals surface area contributed by atoms with E-state index >= 15 is 0 Å². The monoisotopic (exact) mass is 333 g/mol. The van der Waals surface area contributed by atoms with Crippen LogP contribution in [0.1, 0.15) is 31.9 Å². The summed E-state index contributed by atoms with van der Waals surface area (Å²) in [6, 6.07) is 2.20. The Balaban J connectivity index is 3.09. The fraction of sp³-hybridized carbons (Fsp3) is 0.462. The van der Waals surface area contributed by atoms with E-state index in [1.54, 1.807) is 13.8 Å². The summed E-state index contributed by atoms with van der Waals surface area (Å²) in [6.45, 7) is 3.19. The Kier molecular flexibility index (Phi) is 4.92. The minimum absolute atomic E-state index is 0.219. The Morgan fingerprint density at radius 1 is 1.58 bits per heavy atom. The molecule has 1 rings (SSSR count). The Hall–Kier alpha value is -1.14. The number of carboxylic acid groups (broad SMARTS) is 1. The smallest absolute Gasteiger partial charge is 0.309 e. The summed E-state index contributed by atoms with van der Waals surface area (Å²) in [5.74, 6) is -1.07. The molecule has 0 aliphatic heterocycles. The number of hydrogen-bond donors (Lipinski definition) is 2. The van der Waals surface area contributed by atoms with E-state index in [0.717, 1.165) is 0 Å². The lowest BCUT2D eigenvalue weighted by molar-refractivity contribution is -0.147. The molecule has 0 spiro atoms. The molecule has 106 valence electrons. The molecule has 19 heavy (non-hydrogen) atoms. The third-order valence-electron chi connectivity index (χ3n) is 2.98. The van der Waals surface area contributed by atoms with Crippen LogP contribution >= 0.6 is 15.9 Å². The van der Waals surface area contributed by atoms with E-state index in [2.05, 4.69) is 15.9 Å². The molecule has 1 aromatic rings. The maximum absolute atomic E-state index is 13.4. The number of benzene rings is 1. The van der Waals surface area contributed by atoms with Crippen molar-refractivity contribution < 1.29 is 19.0 Å². The molecule has 6 heteroatoms. The van der Waals surface area contributed by atoms with Gasteiger partial charge in [0.05, 0.1) is 17.0 Å². The largest absolute Gasteiger partial charge is 0.496 e. The molecule has 0 aliphatic rings. The van der Waals surface area contributed by atoms with Gasteiger partial charge in [-0.3, -0.25) is 4.79 Å². The van der Waals surface area contributed by atoms with E-state index < -0.39 is 23.2 Å². The van der Waals surface area contributed by atoms with E-state index in [4.69, 9.17) is 15.6 Å². The van der Waals surface area contributed by atoms with Crippen LogP contribution in [-0.2, 0) is 4.79 Å². The van der Waals surface area contributed by atoms with Crippen molar-refractivity contribution in [3.8, 4) is 5.75 Å². The zero-order chi connectivity index (χ0) is 14.8. The Morgan fingerprint density at radius 2 is 2.16 bits per heavy atom. The number of carboxylic acids is 1. The van der Waals surface area contributed by atoms with E-state index in [1.165, 1.54) is 19.2 Å². The first kappa shape index (κ1) is 15.9. The molecule has 0 bridgehead atoms. The van der Waals surface area contributed by atoms with Gasteiger partial charge in [-0.1, -0.05) is 0 Å². The van der Waals surface area contributed by atoms with Crippen LogP contribution in [0.5, 0.6) is 5.75 Å². The van der Waals surface area contributed by atoms with E-state index in [-0.39, 0.29) is 10.9 Å². The summed E-state index contributed by atoms with van der Waals surface area (Å²) in [5.41, 5.74) is 5.63. The van der Waals surface area contributed by atoms with Crippen molar-refractivity contribution in [2.45, 2.75) is 26.3 Å². The third kappa shape index (κ3) is 3.67. The number of halogens is 2. The van der Waals surface area contributed by atoms with Crippen molar-refractivity contribution in [2.24, 2.45) is 11.1 Å². The van der Waals surface area contributed by atoms with Gasteiger partial charge in [-0.25, -0.2) is 4.39 Å². The molecule has 0 radical (unpaired) electrons. The van der Waals surface area contributed by atoms with E-state index in [9.17, 15) is 9.18 Å². The Labute approximate surface area is 119 Å². The van der Waals surface area contributed by atoms with Crippen molar-refractivity contribution in [3.63, 3.8) is 0 Å². The number of nitrogens with two attached hydrogens (primary N) is 1. The van der Waals surface area contributed by atoms with Crippen molar-refractivity contribution in [1.29, 1.82) is 0 Å². The topological polar surface area (TPSA) is 72.5 Å². The number of aliphatic carboxylic acids is 1. The molecule has 1 atom stereocenters. The normalized spacial score (nSPS) is 13.2. The van der Waals surface area contributed by atoms with Crippen LogP contribution in [0.4, 0.5) is 4.39 Å². The van der Waals surface area contributed by atoms with Crippen LogP contribution in [0, 0.1) is 11.2 Å². The van der Waals surface area contributed by atoms with Crippen LogP contribution in [-0.4, -0.2) is 18.2 Å². The van der Waals surface area contributed by atoms with Gasteiger partial charge in [0.25, 0.3) is 0 Å². The first-order chi connectivity index (χ1) is 8.69. The standard InChI is InChI=1S/C13H17BrFNO3/c1-13(2,12(17)18)6-10(16)7-4-8(14)9(15)5-11(7)19-3/h4-5,10H,6,16H2,1-3H3,(H,17,18). The van der Waals surface area contributed by atoms with Gasteiger partial charge >= 0.3 is 5.97 Å². The molecule has 1 unspecified atom stereocenters. The lowest BCUT2D eigenvalue weighted by atomic mass is 9.84. The molecule has 4 nitrogen and oxygen atoms in total. The quantitative estimate of drug-likeness (QED) is 0.868. The second-order valence-corrected chi connectivity index (χ2v) is 5.86. The highest BCUT2D eigenvalue weighted by Crippen LogP contribution is 2.35. The van der Waals surface area contributed by atoms with Gasteiger partial charge in [0.1, 0.15) is 11.6 Å². The maximum Gasteiger partial charge on any atom is 0.309 e. The molecule has 0 aliphatic carbocycles. The third-order valence-corrected chi connectivity index (χ3v) is 3.59. The minimum Gasteiger partial charge on any atom is -0.496 e. The lowest BCUT2D eigenvalue weighted by Gasteiger charge is -2.25. The average molecular weight is 334 g/mol. The second-order valence-electron chi connectivity index (χ2n) is 5.01. The van der Waals surface area contributed by atoms with Crippen LogP contribution in [0.2, 0.25) is 0 Å². The predicted octanol–water partition coefficient (Wildman–Crippen LogP) is 3.10. The van der Waals surface area contributed by atoms with Crippen molar-refractivity contribution in [1.82, 2.24) is 0 Å². The number of ether oxygens (including phenoxy) is 1. The van der Waals surface area contributed by atoms with Gasteiger partial charge in [0.2, 0.25) is 0 Å². The summed E-state index contributed by atoms with van der Waals surface area (Å²) < 4.78 is 18.8. The van der Waals surface area contributed by atoms with Crippen LogP contribution in [0.3, 0.4) is 0 Å². The summed E-state index contributed by atoms with van der Waals surface area (Å²) >= 11 is 3.08. The molecule has 0 fully saturated rings. The van der Waals surface area contributed by atoms with Gasteiger partial charge in [-0.05, 0) is 42.3 Å². The predicted molar refractivity (Wildman–Crippen MR) is 73.6 cm³/mol. The molecule has 0 saturated carbocycles. The summed E-state index contributed by atoms with van der Waals surface area (Å²) in [5, 5.41) is 9.11. The van der Waals surface area contributed by atoms with Gasteiger partial charge in [0.15, 0.2) is 0 Å². The average Bonchev–Trinajstić information content (AvgIpc) is 2.31. The number of rotatable bonds is 5. The van der Waals surface area contributed by atoms with Crippen molar-refractivity contribution >= 4 is 21.9 Å². The maximum atomic E-state index is 13.4. The number of methoxy groups -OCH3 is 1. The number of hydrogen-bond acceptors (Lipinski definition) is 3. The highest BCUT2D eigenvalue weighted by molar-refractivity contribution is 9.10. The lowest BCUT2D eigenvalue weighted by Crippen LogP contribution is -2.29. The number of carbonyl (C=O) groups is 1. The highest BCUT2D eigenvalue weighted by Gasteiger charge is 2.31. The van der Waals surface area contributed by atoms with Crippen molar-refractivity contribution in [2.75, 3.05) is 7.11 Å². The fourth-order valence-electron chi connectivity index (χ4n) is 1.76. The van der Waals surface area contributed by atoms with Crippen LogP contribution < -0.4 is 10.5 Å². The molecule has 0 amide bonds. The zero-order valence-corrected chi connectivity index (χ0v) is 12.6. The molecular weight excluding hydrogens is 317 g/mol. The van der Waals surface area contributed by atoms with Gasteiger partial charge in [0, 0.05) is 17.7 Å². The van der Waals surface area contributed by atoms with Gasteiger partial charge in [-0.15, -0.1) is 0 Å². The Bertz CT molecular complexity index is 491. The molecule has 0 aromatic heterocycles. The Morgan fingerprint density at radius 3 is 2.63 bits per heavy atom. The first-order valence-electron chi connectivity index (χ1n) is 5.71. The van der Waals surface area contributed by atoms with Crippen LogP contribution in [0.15, 0.2) is 16.6 Å². The second kappa shape index (κ2) is 5.88. The van der Waals surface area contributed by atoms with Gasteiger partial charge in [-0.2, -0.15) is 0 Å².